The fraction of sp³-hybridized carbons (Fsp3) is 0.469. The summed E-state index contributed by atoms with van der Waals surface area (Å²) >= 11 is 0. The third-order valence-electron chi connectivity index (χ3n) is 18.0. The largest absolute Gasteiger partial charge is 0.486 e. The summed E-state index contributed by atoms with van der Waals surface area (Å²) in [5.74, 6) is 0.943. The Morgan fingerprint density at radius 2 is 1.75 bits per heavy atom. The molecule has 0 spiro atoms. The van der Waals surface area contributed by atoms with E-state index in [1.54, 1.807) is 19.1 Å². The molecule has 4 aromatic rings. The van der Waals surface area contributed by atoms with Crippen molar-refractivity contribution in [1.29, 1.82) is 0 Å². The van der Waals surface area contributed by atoms with Crippen molar-refractivity contribution in [2.24, 2.45) is 23.5 Å². The van der Waals surface area contributed by atoms with Crippen LogP contribution in [0.25, 0.3) is 0 Å². The maximum Gasteiger partial charge on any atom is 0.242 e. The van der Waals surface area contributed by atoms with Crippen LogP contribution in [0.2, 0.25) is 0 Å². The number of nitrogens with two attached hydrogens (primary N) is 1. The Balaban J connectivity index is 1.10. The fourth-order valence-electron chi connectivity index (χ4n) is 13.4. The SMILES string of the molecule is C[C@H](O)CNNC1=CC([C@H]2CO[C@@H]3[C@H]4Oc5c(cc6c(c5OC[C@H](O)CC=O)C(=O)c5cc(CO)ccc5C6=O)[C@H](c5ccccc5N5CN[C@@H]6C(=O)N[C@@H](N)N[C@@H]65)[C@@H]5CC[C@@H](O)[C@H](C#C[C@](O)([C@H](COC5)O4)[C@H]3O)Cc3cccc(c3)C[C@H]2O)=CCN1. The highest BCUT2D eigenvalue weighted by Gasteiger charge is 2.58. The number of rotatable bonds is 13. The lowest BCUT2D eigenvalue weighted by Crippen LogP contribution is -2.70. The minimum atomic E-state index is -2.53. The van der Waals surface area contributed by atoms with E-state index in [4.69, 9.17) is 29.4 Å². The van der Waals surface area contributed by atoms with Gasteiger partial charge in [-0.05, 0) is 96.7 Å². The molecule has 7 heterocycles. The number of hydrazine groups is 1. The van der Waals surface area contributed by atoms with Gasteiger partial charge in [0.05, 0.1) is 69.0 Å². The Morgan fingerprint density at radius 1 is 0.932 bits per heavy atom. The highest BCUT2D eigenvalue weighted by Crippen LogP contribution is 2.52. The first-order valence-corrected chi connectivity index (χ1v) is 29.9. The normalized spacial score (nSPS) is 31.6. The lowest BCUT2D eigenvalue weighted by Gasteiger charge is -2.47. The van der Waals surface area contributed by atoms with Crippen LogP contribution in [0.1, 0.15) is 91.8 Å². The summed E-state index contributed by atoms with van der Waals surface area (Å²) in [6, 6.07) is 20.2. The molecule has 0 aromatic heterocycles. The van der Waals surface area contributed by atoms with Crippen molar-refractivity contribution in [3.63, 3.8) is 0 Å². The Morgan fingerprint density at radius 3 is 2.56 bits per heavy atom. The zero-order valence-electron chi connectivity index (χ0n) is 48.3. The number of dihydropyridines is 1. The highest BCUT2D eigenvalue weighted by molar-refractivity contribution is 6.29. The number of aldehydes is 1. The lowest BCUT2D eigenvalue weighted by molar-refractivity contribution is -0.310. The predicted octanol–water partition coefficient (Wildman–Crippen LogP) is -0.938. The zero-order chi connectivity index (χ0) is 61.5. The number of ketones is 2. The first kappa shape index (κ1) is 61.1. The molecule has 24 heteroatoms. The predicted molar refractivity (Wildman–Crippen MR) is 315 cm³/mol. The van der Waals surface area contributed by atoms with Gasteiger partial charge in [0.15, 0.2) is 28.7 Å². The molecule has 16 atom stereocenters. The van der Waals surface area contributed by atoms with Crippen molar-refractivity contribution in [3.8, 4) is 23.3 Å². The third kappa shape index (κ3) is 12.0. The molecule has 3 fully saturated rings. The molecule has 24 nitrogen and oxygen atoms in total. The van der Waals surface area contributed by atoms with Crippen LogP contribution in [0.5, 0.6) is 11.5 Å². The summed E-state index contributed by atoms with van der Waals surface area (Å²) in [6.07, 6.45) is -8.91. The quantitative estimate of drug-likeness (QED) is 0.0384. The van der Waals surface area contributed by atoms with Gasteiger partial charge in [-0.2, -0.15) is 0 Å². The molecule has 0 unspecified atom stereocenters. The van der Waals surface area contributed by atoms with Crippen LogP contribution in [0.3, 0.4) is 0 Å². The molecule has 7 aliphatic heterocycles. The molecule has 3 saturated heterocycles. The van der Waals surface area contributed by atoms with Gasteiger partial charge in [-0.15, -0.1) is 0 Å². The van der Waals surface area contributed by atoms with Crippen molar-refractivity contribution in [3.05, 3.63) is 146 Å². The molecular formula is C64H74N8O16. The highest BCUT2D eigenvalue weighted by atomic mass is 16.7. The molecule has 0 radical (unpaired) electrons. The number of amides is 1. The Hall–Kier alpha value is -7.16. The second kappa shape index (κ2) is 25.7. The summed E-state index contributed by atoms with van der Waals surface area (Å²) in [6.45, 7) is 0.317. The summed E-state index contributed by atoms with van der Waals surface area (Å²) in [7, 11) is 0. The van der Waals surface area contributed by atoms with Crippen LogP contribution >= 0.6 is 0 Å². The van der Waals surface area contributed by atoms with Crippen LogP contribution < -0.4 is 52.2 Å². The van der Waals surface area contributed by atoms with E-state index in [-0.39, 0.29) is 97.3 Å². The molecule has 88 heavy (non-hydrogen) atoms. The zero-order valence-corrected chi connectivity index (χ0v) is 48.3. The number of hydrogen-bond donors (Lipinski definition) is 14. The Kier molecular flexibility index (Phi) is 17.9. The lowest BCUT2D eigenvalue weighted by atomic mass is 9.74. The van der Waals surface area contributed by atoms with E-state index in [1.807, 2.05) is 59.5 Å². The van der Waals surface area contributed by atoms with Crippen LogP contribution in [0, 0.1) is 29.6 Å². The molecule has 15 N–H and O–H groups in total. The van der Waals surface area contributed by atoms with Crippen molar-refractivity contribution >= 4 is 29.4 Å². The molecule has 12 rings (SSSR count). The van der Waals surface area contributed by atoms with Crippen molar-refractivity contribution in [2.75, 3.05) is 51.1 Å². The topological polar surface area (TPSA) is 357 Å². The number of carbonyl (C=O) groups is 4. The van der Waals surface area contributed by atoms with Gasteiger partial charge in [-0.25, -0.2) is 5.43 Å². The fourth-order valence-corrected chi connectivity index (χ4v) is 13.4. The number of benzene rings is 4. The summed E-state index contributed by atoms with van der Waals surface area (Å²) in [5.41, 5.74) is 13.3. The van der Waals surface area contributed by atoms with E-state index in [0.29, 0.717) is 41.0 Å². The van der Waals surface area contributed by atoms with Gasteiger partial charge in [0, 0.05) is 59.3 Å². The molecule has 1 aliphatic carbocycles. The monoisotopic (exact) mass is 1210 g/mol. The van der Waals surface area contributed by atoms with Gasteiger partial charge in [0.25, 0.3) is 0 Å². The number of nitrogens with zero attached hydrogens (tertiary/aromatic N) is 1. The number of para-hydroxylation sites is 1. The minimum absolute atomic E-state index is 0.0260. The number of aliphatic hydroxyl groups is 7. The number of nitrogens with one attached hydrogen (secondary N) is 6. The number of allylic oxidation sites excluding steroid dienone is 1. The first-order chi connectivity index (χ1) is 42.5. The van der Waals surface area contributed by atoms with Gasteiger partial charge in [-0.1, -0.05) is 66.4 Å². The smallest absolute Gasteiger partial charge is 0.242 e. The van der Waals surface area contributed by atoms with Crippen molar-refractivity contribution in [2.45, 2.75) is 125 Å². The van der Waals surface area contributed by atoms with E-state index in [1.165, 1.54) is 18.2 Å². The van der Waals surface area contributed by atoms with Crippen molar-refractivity contribution < 1.29 is 78.6 Å². The number of aliphatic hydroxyl groups excluding tert-OH is 6. The summed E-state index contributed by atoms with van der Waals surface area (Å²) < 4.78 is 34.5. The van der Waals surface area contributed by atoms with E-state index in [0.717, 1.165) is 11.1 Å². The maximum absolute atomic E-state index is 15.5. The van der Waals surface area contributed by atoms with Gasteiger partial charge >= 0.3 is 0 Å². The summed E-state index contributed by atoms with van der Waals surface area (Å²) in [4.78, 5) is 58.3. The standard InChI is InChI=1S/C64H74N8O16/c1-32(75)25-68-71-50-23-36(14-17-66-50)45-29-86-58-59(81)64(83)16-13-37(20-33-5-4-6-34(19-33)22-48(45)78)47(77)12-10-38-27-84-30-49(64)87-62(58)88-56-44(51(38)41-7-2-3-8-46(41)72-31-67-53-60(72)69-63(65)70-61(53)82)24-43-52(57(56)85-28-39(76)15-18-73)55(80)42-21-35(26-74)9-11-40(42)54(43)79/h2-9,11,14,18-19,21,23-24,32,37-39,45,47-49,51,53,58-60,62-63,66-69,71,74-78,81,83H,10,12,15,17,20,22,25-31,65H2,1H3,(H,70,82)/t32-,37+,38+,39+,45+,47+,48+,49-,51-,53-,58-,59-,60+,62+,63-,64-/m0/s1. The van der Waals surface area contributed by atoms with Crippen LogP contribution in [-0.4, -0.2) is 179 Å². The number of ether oxygens (including phenoxy) is 5. The molecule has 8 bridgehead atoms. The van der Waals surface area contributed by atoms with Crippen LogP contribution in [-0.2, 0) is 43.2 Å². The molecule has 466 valence electrons. The average Bonchev–Trinajstić information content (AvgIpc) is 0.931. The van der Waals surface area contributed by atoms with E-state index >= 15 is 9.59 Å². The van der Waals surface area contributed by atoms with Crippen LogP contribution in [0.4, 0.5) is 5.69 Å². The van der Waals surface area contributed by atoms with E-state index in [9.17, 15) is 45.3 Å². The van der Waals surface area contributed by atoms with Gasteiger partial charge < -0.3 is 85.2 Å². The van der Waals surface area contributed by atoms with Gasteiger partial charge in [0.2, 0.25) is 12.2 Å². The minimum Gasteiger partial charge on any atom is -0.486 e. The third-order valence-corrected chi connectivity index (χ3v) is 18.0. The number of hydrogen-bond acceptors (Lipinski definition) is 23. The number of fused-ring (bicyclic) bond motifs is 13. The summed E-state index contributed by atoms with van der Waals surface area (Å²) in [5, 5.41) is 95.9. The average molecular weight is 1210 g/mol. The van der Waals surface area contributed by atoms with Gasteiger partial charge in [0.1, 0.15) is 55.5 Å². The molecule has 8 aliphatic rings. The van der Waals surface area contributed by atoms with Crippen LogP contribution in [0.15, 0.2) is 96.3 Å². The number of anilines is 1. The van der Waals surface area contributed by atoms with E-state index in [2.05, 4.69) is 44.0 Å². The molecule has 4 aromatic carbocycles. The maximum atomic E-state index is 15.5. The van der Waals surface area contributed by atoms with Crippen molar-refractivity contribution in [1.82, 2.24) is 32.1 Å². The second-order valence-corrected chi connectivity index (χ2v) is 24.0. The molecule has 0 saturated carbocycles. The Bertz CT molecular complexity index is 3460. The molecular weight excluding hydrogens is 1140 g/mol. The van der Waals surface area contributed by atoms with E-state index < -0.39 is 135 Å². The molecule has 1 amide bonds. The van der Waals surface area contributed by atoms with Gasteiger partial charge in [-0.3, -0.25) is 30.8 Å². The second-order valence-electron chi connectivity index (χ2n) is 24.0. The Labute approximate surface area is 507 Å². The number of carbonyl (C=O) groups excluding carboxylic acids is 4. The first-order valence-electron chi connectivity index (χ1n) is 29.9.